The molecule has 1 aliphatic heterocycles. The maximum Gasteiger partial charge on any atom is 0.131 e. The molecule has 1 heterocycles. The molecule has 0 bridgehead atoms. The Labute approximate surface area is 78.2 Å². The summed E-state index contributed by atoms with van der Waals surface area (Å²) in [6.45, 7) is 4.85. The lowest BCUT2D eigenvalue weighted by Crippen LogP contribution is -2.09. The van der Waals surface area contributed by atoms with E-state index in [2.05, 4.69) is 11.4 Å². The molecule has 0 aliphatic carbocycles. The fourth-order valence-corrected chi connectivity index (χ4v) is 1.34. The van der Waals surface area contributed by atoms with Crippen LogP contribution >= 0.6 is 0 Å². The molecule has 0 amide bonds. The van der Waals surface area contributed by atoms with Gasteiger partial charge in [-0.1, -0.05) is 18.2 Å². The van der Waals surface area contributed by atoms with Crippen LogP contribution in [0.15, 0.2) is 35.7 Å². The smallest absolute Gasteiger partial charge is 0.131 e. The van der Waals surface area contributed by atoms with E-state index in [4.69, 9.17) is 4.74 Å². The van der Waals surface area contributed by atoms with Crippen molar-refractivity contribution in [1.29, 1.82) is 0 Å². The number of hydrogen-bond acceptors (Lipinski definition) is 2. The lowest BCUT2D eigenvalue weighted by Gasteiger charge is -2.06. The summed E-state index contributed by atoms with van der Waals surface area (Å²) in [7, 11) is 0. The highest BCUT2D eigenvalue weighted by Crippen LogP contribution is 2.23. The topological polar surface area (TPSA) is 21.3 Å². The lowest BCUT2D eigenvalue weighted by molar-refractivity contribution is 0.421. The second-order valence-corrected chi connectivity index (χ2v) is 3.24. The van der Waals surface area contributed by atoms with Crippen LogP contribution in [0.4, 0.5) is 0 Å². The molecule has 0 radical (unpaired) electrons. The number of allylic oxidation sites excluding steroid dienone is 2. The van der Waals surface area contributed by atoms with E-state index in [9.17, 15) is 0 Å². The summed E-state index contributed by atoms with van der Waals surface area (Å²) in [4.78, 5) is 0. The Kier molecular flexibility index (Phi) is 1.97. The third kappa shape index (κ3) is 1.52. The quantitative estimate of drug-likeness (QED) is 0.653. The molecule has 0 saturated carbocycles. The van der Waals surface area contributed by atoms with Gasteiger partial charge >= 0.3 is 0 Å². The van der Waals surface area contributed by atoms with E-state index in [0.717, 1.165) is 23.8 Å². The minimum atomic E-state index is 0.847. The molecule has 1 aliphatic rings. The van der Waals surface area contributed by atoms with Crippen molar-refractivity contribution in [1.82, 2.24) is 5.32 Å². The minimum absolute atomic E-state index is 0.847. The van der Waals surface area contributed by atoms with E-state index in [-0.39, 0.29) is 0 Å². The SMILES string of the molecule is CC1=C(C)Oc2ccccc2CN1. The maximum absolute atomic E-state index is 5.69. The summed E-state index contributed by atoms with van der Waals surface area (Å²) >= 11 is 0. The van der Waals surface area contributed by atoms with E-state index in [1.54, 1.807) is 0 Å². The van der Waals surface area contributed by atoms with Crippen molar-refractivity contribution in [2.75, 3.05) is 0 Å². The van der Waals surface area contributed by atoms with Crippen molar-refractivity contribution < 1.29 is 4.74 Å². The summed E-state index contributed by atoms with van der Waals surface area (Å²) in [5.74, 6) is 1.91. The summed E-state index contributed by atoms with van der Waals surface area (Å²) in [6.07, 6.45) is 0. The van der Waals surface area contributed by atoms with Crippen LogP contribution in [0.2, 0.25) is 0 Å². The van der Waals surface area contributed by atoms with Gasteiger partial charge in [0.05, 0.1) is 0 Å². The van der Waals surface area contributed by atoms with Crippen molar-refractivity contribution in [3.8, 4) is 5.75 Å². The first kappa shape index (κ1) is 8.17. The molecule has 0 atom stereocenters. The Morgan fingerprint density at radius 1 is 1.23 bits per heavy atom. The fourth-order valence-electron chi connectivity index (χ4n) is 1.34. The molecule has 0 spiro atoms. The van der Waals surface area contributed by atoms with Crippen molar-refractivity contribution >= 4 is 0 Å². The Balaban J connectivity index is 2.39. The molecular formula is C11H13NO. The number of para-hydroxylation sites is 1. The molecule has 0 fully saturated rings. The van der Waals surface area contributed by atoms with Crippen molar-refractivity contribution in [2.24, 2.45) is 0 Å². The second-order valence-electron chi connectivity index (χ2n) is 3.24. The van der Waals surface area contributed by atoms with E-state index in [1.165, 1.54) is 5.56 Å². The monoisotopic (exact) mass is 175 g/mol. The molecule has 1 N–H and O–H groups in total. The zero-order chi connectivity index (χ0) is 9.26. The first-order chi connectivity index (χ1) is 6.27. The van der Waals surface area contributed by atoms with Crippen LogP contribution in [0.5, 0.6) is 5.75 Å². The lowest BCUT2D eigenvalue weighted by atomic mass is 10.2. The Morgan fingerprint density at radius 2 is 2.00 bits per heavy atom. The van der Waals surface area contributed by atoms with Gasteiger partial charge in [-0.05, 0) is 19.9 Å². The zero-order valence-corrected chi connectivity index (χ0v) is 7.92. The molecule has 1 aromatic carbocycles. The number of ether oxygens (including phenoxy) is 1. The van der Waals surface area contributed by atoms with Crippen molar-refractivity contribution in [2.45, 2.75) is 20.4 Å². The average molecular weight is 175 g/mol. The highest BCUT2D eigenvalue weighted by molar-refractivity contribution is 5.36. The first-order valence-electron chi connectivity index (χ1n) is 4.44. The molecule has 0 aromatic heterocycles. The third-order valence-corrected chi connectivity index (χ3v) is 2.31. The van der Waals surface area contributed by atoms with Gasteiger partial charge in [0, 0.05) is 17.8 Å². The number of nitrogens with one attached hydrogen (secondary N) is 1. The molecular weight excluding hydrogens is 162 g/mol. The van der Waals surface area contributed by atoms with Gasteiger partial charge in [-0.3, -0.25) is 0 Å². The van der Waals surface area contributed by atoms with E-state index in [0.29, 0.717) is 0 Å². The summed E-state index contributed by atoms with van der Waals surface area (Å²) in [5, 5.41) is 3.31. The van der Waals surface area contributed by atoms with Gasteiger partial charge in [0.2, 0.25) is 0 Å². The zero-order valence-electron chi connectivity index (χ0n) is 7.92. The Morgan fingerprint density at radius 3 is 2.85 bits per heavy atom. The van der Waals surface area contributed by atoms with Gasteiger partial charge < -0.3 is 10.1 Å². The number of rotatable bonds is 0. The van der Waals surface area contributed by atoms with Crippen LogP contribution in [0, 0.1) is 0 Å². The maximum atomic E-state index is 5.69. The van der Waals surface area contributed by atoms with Crippen molar-refractivity contribution in [3.63, 3.8) is 0 Å². The Bertz CT molecular complexity index is 355. The number of hydrogen-bond donors (Lipinski definition) is 1. The summed E-state index contributed by atoms with van der Waals surface area (Å²) in [6, 6.07) is 8.10. The van der Waals surface area contributed by atoms with Crippen LogP contribution in [0.3, 0.4) is 0 Å². The van der Waals surface area contributed by atoms with Crippen LogP contribution in [-0.4, -0.2) is 0 Å². The molecule has 2 nitrogen and oxygen atoms in total. The van der Waals surface area contributed by atoms with Gasteiger partial charge in [-0.25, -0.2) is 0 Å². The summed E-state index contributed by atoms with van der Waals surface area (Å²) < 4.78 is 5.69. The molecule has 13 heavy (non-hydrogen) atoms. The predicted molar refractivity (Wildman–Crippen MR) is 52.3 cm³/mol. The Hall–Kier alpha value is -1.44. The molecule has 68 valence electrons. The largest absolute Gasteiger partial charge is 0.460 e. The van der Waals surface area contributed by atoms with Gasteiger partial charge in [0.15, 0.2) is 0 Å². The van der Waals surface area contributed by atoms with Gasteiger partial charge in [-0.2, -0.15) is 0 Å². The van der Waals surface area contributed by atoms with Gasteiger partial charge in [-0.15, -0.1) is 0 Å². The third-order valence-electron chi connectivity index (χ3n) is 2.31. The number of fused-ring (bicyclic) bond motifs is 1. The van der Waals surface area contributed by atoms with Gasteiger partial charge in [0.25, 0.3) is 0 Å². The van der Waals surface area contributed by atoms with E-state index in [1.807, 2.05) is 32.0 Å². The average Bonchev–Trinajstić information content (AvgIpc) is 2.28. The van der Waals surface area contributed by atoms with Gasteiger partial charge in [0.1, 0.15) is 11.5 Å². The second kappa shape index (κ2) is 3.13. The van der Waals surface area contributed by atoms with Crippen molar-refractivity contribution in [3.05, 3.63) is 41.3 Å². The molecule has 2 rings (SSSR count). The highest BCUT2D eigenvalue weighted by Gasteiger charge is 2.09. The standard InChI is InChI=1S/C11H13NO/c1-8-9(2)13-11-6-4-3-5-10(11)7-12-8/h3-6,12H,7H2,1-2H3. The molecule has 0 saturated heterocycles. The van der Waals surface area contributed by atoms with Crippen LogP contribution in [0.1, 0.15) is 19.4 Å². The summed E-state index contributed by atoms with van der Waals surface area (Å²) in [5.41, 5.74) is 2.31. The van der Waals surface area contributed by atoms with Crippen LogP contribution in [0.25, 0.3) is 0 Å². The highest BCUT2D eigenvalue weighted by atomic mass is 16.5. The predicted octanol–water partition coefficient (Wildman–Crippen LogP) is 2.42. The van der Waals surface area contributed by atoms with E-state index < -0.39 is 0 Å². The van der Waals surface area contributed by atoms with Crippen LogP contribution in [-0.2, 0) is 6.54 Å². The normalized spacial score (nSPS) is 15.5. The van der Waals surface area contributed by atoms with E-state index >= 15 is 0 Å². The first-order valence-corrected chi connectivity index (χ1v) is 4.44. The molecule has 1 aromatic rings. The minimum Gasteiger partial charge on any atom is -0.460 e. The fraction of sp³-hybridized carbons (Fsp3) is 0.273. The number of benzene rings is 1. The molecule has 0 unspecified atom stereocenters. The molecule has 2 heteroatoms. The van der Waals surface area contributed by atoms with Crippen LogP contribution < -0.4 is 10.1 Å².